The van der Waals surface area contributed by atoms with E-state index in [1.165, 1.54) is 4.90 Å². The highest BCUT2D eigenvalue weighted by molar-refractivity contribution is 7.91. The first-order valence-electron chi connectivity index (χ1n) is 17.5. The second-order valence-corrected chi connectivity index (χ2v) is 15.9. The van der Waals surface area contributed by atoms with Gasteiger partial charge in [-0.1, -0.05) is 43.2 Å². The van der Waals surface area contributed by atoms with Gasteiger partial charge < -0.3 is 29.7 Å². The average molecular weight is 710 g/mol. The second kappa shape index (κ2) is 14.2. The van der Waals surface area contributed by atoms with E-state index in [0.29, 0.717) is 51.0 Å². The maximum atomic E-state index is 14.4. The van der Waals surface area contributed by atoms with Crippen LogP contribution in [0.5, 0.6) is 5.88 Å². The van der Waals surface area contributed by atoms with Crippen molar-refractivity contribution < 1.29 is 41.8 Å². The van der Waals surface area contributed by atoms with E-state index in [0.717, 1.165) is 23.6 Å². The highest BCUT2D eigenvalue weighted by atomic mass is 32.2. The van der Waals surface area contributed by atoms with Crippen LogP contribution in [0.4, 0.5) is 4.79 Å². The van der Waals surface area contributed by atoms with Gasteiger partial charge in [-0.25, -0.2) is 18.2 Å². The molecular weight excluding hydrogens is 666 g/mol. The minimum Gasteiger partial charge on any atom is -0.472 e. The number of benzene rings is 1. The van der Waals surface area contributed by atoms with Crippen molar-refractivity contribution in [3.8, 4) is 5.88 Å². The number of nitrogens with one attached hydrogen (secondary N) is 3. The molecule has 5 aliphatic rings. The van der Waals surface area contributed by atoms with Crippen LogP contribution in [0.1, 0.15) is 64.2 Å². The van der Waals surface area contributed by atoms with Crippen molar-refractivity contribution in [2.45, 2.75) is 99.3 Å². The van der Waals surface area contributed by atoms with Gasteiger partial charge in [0, 0.05) is 30.3 Å². The molecule has 3 aliphatic heterocycles. The monoisotopic (exact) mass is 709 g/mol. The summed E-state index contributed by atoms with van der Waals surface area (Å²) < 4.78 is 45.0. The molecule has 7 rings (SSSR count). The summed E-state index contributed by atoms with van der Waals surface area (Å²) in [6, 6.07) is 7.38. The molecule has 268 valence electrons. The summed E-state index contributed by atoms with van der Waals surface area (Å²) in [5.41, 5.74) is -1.48. The smallest absolute Gasteiger partial charge is 0.408 e. The number of sulfonamides is 1. The SMILES string of the molecule is O=C(NC1CCCCCC=CC2CC2(C(=O)NS(=O)(=O)C2CC2)NC(=O)C2CC(Oc3nccc4ccccc34)CN2C1=O)OC1CCOC1. The lowest BCUT2D eigenvalue weighted by atomic mass is 10.0. The van der Waals surface area contributed by atoms with Gasteiger partial charge in [-0.05, 0) is 56.0 Å². The number of carbonyl (C=O) groups is 4. The lowest BCUT2D eigenvalue weighted by Crippen LogP contribution is -2.58. The standard InChI is InChI=1S/C35H43N5O9S/c41-30-29-18-25(48-31-27-10-7-6-8-22(27)14-16-36-31)20-40(29)32(42)28(37-34(44)49-24-15-17-47-21-24)11-5-3-1-2-4-9-23-19-35(23,38-30)33(43)39-50(45,46)26-12-13-26/h4,6-10,14,16,23-26,28-29H,1-3,5,11-13,15,17-21H2,(H,37,44)(H,38,41)(H,39,43). The Balaban J connectivity index is 1.17. The topological polar surface area (TPSA) is 182 Å². The summed E-state index contributed by atoms with van der Waals surface area (Å²) in [5, 5.41) is 6.69. The molecule has 50 heavy (non-hydrogen) atoms. The predicted octanol–water partition coefficient (Wildman–Crippen LogP) is 2.47. The van der Waals surface area contributed by atoms with Crippen LogP contribution in [0.25, 0.3) is 10.8 Å². The zero-order valence-corrected chi connectivity index (χ0v) is 28.6. The third kappa shape index (κ3) is 7.43. The number of fused-ring (bicyclic) bond motifs is 3. The van der Waals surface area contributed by atoms with Gasteiger partial charge in [-0.3, -0.25) is 19.1 Å². The maximum Gasteiger partial charge on any atom is 0.408 e. The summed E-state index contributed by atoms with van der Waals surface area (Å²) in [6.07, 6.45) is 8.72. The molecule has 2 saturated carbocycles. The molecule has 4 fully saturated rings. The molecule has 1 aromatic carbocycles. The Bertz CT molecular complexity index is 1770. The summed E-state index contributed by atoms with van der Waals surface area (Å²) in [5.74, 6) is -1.92. The molecule has 0 spiro atoms. The molecule has 4 amide bonds. The van der Waals surface area contributed by atoms with Crippen molar-refractivity contribution >= 4 is 44.6 Å². The third-order valence-electron chi connectivity index (χ3n) is 10.2. The number of alkyl carbamates (subject to hydrolysis) is 1. The van der Waals surface area contributed by atoms with Gasteiger partial charge in [0.1, 0.15) is 29.8 Å². The molecule has 2 saturated heterocycles. The van der Waals surface area contributed by atoms with Gasteiger partial charge in [-0.2, -0.15) is 0 Å². The molecule has 6 unspecified atom stereocenters. The van der Waals surface area contributed by atoms with Crippen molar-refractivity contribution in [2.24, 2.45) is 5.92 Å². The van der Waals surface area contributed by atoms with Crippen molar-refractivity contribution in [1.29, 1.82) is 0 Å². The largest absolute Gasteiger partial charge is 0.472 e. The summed E-state index contributed by atoms with van der Waals surface area (Å²) >= 11 is 0. The van der Waals surface area contributed by atoms with Crippen molar-refractivity contribution in [3.63, 3.8) is 0 Å². The van der Waals surface area contributed by atoms with Gasteiger partial charge in [0.2, 0.25) is 27.7 Å². The van der Waals surface area contributed by atoms with Crippen molar-refractivity contribution in [3.05, 3.63) is 48.7 Å². The number of aromatic nitrogens is 1. The van der Waals surface area contributed by atoms with Gasteiger partial charge in [0.05, 0.1) is 25.0 Å². The number of rotatable bonds is 7. The van der Waals surface area contributed by atoms with Crippen LogP contribution < -0.4 is 20.1 Å². The van der Waals surface area contributed by atoms with E-state index in [2.05, 4.69) is 20.3 Å². The minimum absolute atomic E-state index is 0.0180. The highest BCUT2D eigenvalue weighted by Gasteiger charge is 2.62. The second-order valence-electron chi connectivity index (χ2n) is 13.9. The number of ether oxygens (including phenoxy) is 3. The molecular formula is C35H43N5O9S. The molecule has 1 aromatic heterocycles. The quantitative estimate of drug-likeness (QED) is 0.361. The minimum atomic E-state index is -3.87. The van der Waals surface area contributed by atoms with Crippen LogP contribution in [0.15, 0.2) is 48.7 Å². The molecule has 14 nitrogen and oxygen atoms in total. The van der Waals surface area contributed by atoms with E-state index >= 15 is 0 Å². The number of pyridine rings is 1. The summed E-state index contributed by atoms with van der Waals surface area (Å²) in [6.45, 7) is 0.788. The zero-order valence-electron chi connectivity index (χ0n) is 27.8. The molecule has 6 atom stereocenters. The Hall–Kier alpha value is -4.24. The fourth-order valence-electron chi connectivity index (χ4n) is 7.12. The fourth-order valence-corrected chi connectivity index (χ4v) is 8.49. The normalized spacial score (nSPS) is 30.3. The van der Waals surface area contributed by atoms with Crippen LogP contribution in [0.3, 0.4) is 0 Å². The number of hydrogen-bond acceptors (Lipinski definition) is 10. The molecule has 2 aromatic rings. The number of carbonyl (C=O) groups excluding carboxylic acids is 4. The van der Waals surface area contributed by atoms with E-state index < -0.39 is 74.8 Å². The van der Waals surface area contributed by atoms with Crippen molar-refractivity contribution in [1.82, 2.24) is 25.2 Å². The molecule has 2 aliphatic carbocycles. The van der Waals surface area contributed by atoms with E-state index in [4.69, 9.17) is 14.2 Å². The Kier molecular flexibility index (Phi) is 9.70. The average Bonchev–Trinajstić information content (AvgIpc) is 3.97. The zero-order chi connectivity index (χ0) is 34.9. The van der Waals surface area contributed by atoms with Crippen LogP contribution in [0, 0.1) is 5.92 Å². The Labute approximate surface area is 290 Å². The van der Waals surface area contributed by atoms with Crippen LogP contribution >= 0.6 is 0 Å². The van der Waals surface area contributed by atoms with Gasteiger partial charge in [-0.15, -0.1) is 0 Å². The lowest BCUT2D eigenvalue weighted by molar-refractivity contribution is -0.141. The Morgan fingerprint density at radius 2 is 1.88 bits per heavy atom. The number of allylic oxidation sites excluding steroid dienone is 1. The molecule has 4 heterocycles. The first-order valence-corrected chi connectivity index (χ1v) is 19.1. The molecule has 3 N–H and O–H groups in total. The van der Waals surface area contributed by atoms with Crippen LogP contribution in [-0.4, -0.2) is 97.0 Å². The third-order valence-corrected chi connectivity index (χ3v) is 12.0. The van der Waals surface area contributed by atoms with E-state index in [-0.39, 0.29) is 26.0 Å². The van der Waals surface area contributed by atoms with E-state index in [9.17, 15) is 27.6 Å². The van der Waals surface area contributed by atoms with Crippen LogP contribution in [-0.2, 0) is 33.9 Å². The van der Waals surface area contributed by atoms with Crippen molar-refractivity contribution in [2.75, 3.05) is 19.8 Å². The summed E-state index contributed by atoms with van der Waals surface area (Å²) in [7, 11) is -3.87. The molecule has 0 bridgehead atoms. The summed E-state index contributed by atoms with van der Waals surface area (Å²) in [4.78, 5) is 61.1. The van der Waals surface area contributed by atoms with E-state index in [1.807, 2.05) is 42.5 Å². The first kappa shape index (κ1) is 34.2. The number of hydrogen-bond donors (Lipinski definition) is 3. The van der Waals surface area contributed by atoms with Gasteiger partial charge in [0.25, 0.3) is 5.91 Å². The predicted molar refractivity (Wildman–Crippen MR) is 180 cm³/mol. The number of nitrogens with zero attached hydrogens (tertiary/aromatic N) is 2. The maximum absolute atomic E-state index is 14.4. The Morgan fingerprint density at radius 3 is 2.68 bits per heavy atom. The molecule has 0 radical (unpaired) electrons. The van der Waals surface area contributed by atoms with Gasteiger partial charge in [0.15, 0.2) is 0 Å². The number of amides is 4. The highest BCUT2D eigenvalue weighted by Crippen LogP contribution is 2.46. The van der Waals surface area contributed by atoms with Crippen LogP contribution in [0.2, 0.25) is 0 Å². The molecule has 15 heteroatoms. The van der Waals surface area contributed by atoms with Gasteiger partial charge >= 0.3 is 6.09 Å². The first-order chi connectivity index (χ1) is 24.1. The Morgan fingerprint density at radius 1 is 1.04 bits per heavy atom. The lowest BCUT2D eigenvalue weighted by Gasteiger charge is -2.30. The fraction of sp³-hybridized carbons (Fsp3) is 0.571. The van der Waals surface area contributed by atoms with E-state index in [1.54, 1.807) is 6.20 Å².